The highest BCUT2D eigenvalue weighted by Gasteiger charge is 2.35. The van der Waals surface area contributed by atoms with Crippen LogP contribution in [0.15, 0.2) is 16.6 Å². The number of anilines is 1. The lowest BCUT2D eigenvalue weighted by molar-refractivity contribution is -0.0219. The van der Waals surface area contributed by atoms with E-state index in [-0.39, 0.29) is 24.1 Å². The van der Waals surface area contributed by atoms with Gasteiger partial charge in [0.15, 0.2) is 0 Å². The Kier molecular flexibility index (Phi) is 3.69. The van der Waals surface area contributed by atoms with Gasteiger partial charge in [-0.1, -0.05) is 0 Å². The highest BCUT2D eigenvalue weighted by Crippen LogP contribution is 2.28. The van der Waals surface area contributed by atoms with Gasteiger partial charge in [0.25, 0.3) is 0 Å². The SMILES string of the molecule is Cc1cc(Br)c(F)cc1NC(=O)N1C[C@H]2CC[C@@H](C1)O2. The minimum Gasteiger partial charge on any atom is -0.371 e. The number of hydrogen-bond donors (Lipinski definition) is 1. The van der Waals surface area contributed by atoms with Crippen molar-refractivity contribution in [2.75, 3.05) is 18.4 Å². The number of nitrogens with zero attached hydrogens (tertiary/aromatic N) is 1. The van der Waals surface area contributed by atoms with Gasteiger partial charge in [-0.2, -0.15) is 0 Å². The minimum absolute atomic E-state index is 0.155. The summed E-state index contributed by atoms with van der Waals surface area (Å²) in [4.78, 5) is 14.0. The number of benzene rings is 1. The van der Waals surface area contributed by atoms with E-state index in [1.807, 2.05) is 6.92 Å². The van der Waals surface area contributed by atoms with Crippen molar-refractivity contribution in [3.8, 4) is 0 Å². The van der Waals surface area contributed by atoms with Gasteiger partial charge in [0.05, 0.1) is 16.7 Å². The first-order chi connectivity index (χ1) is 9.52. The van der Waals surface area contributed by atoms with Crippen molar-refractivity contribution in [3.63, 3.8) is 0 Å². The summed E-state index contributed by atoms with van der Waals surface area (Å²) < 4.78 is 19.7. The number of urea groups is 1. The molecular formula is C14H16BrFN2O2. The Hall–Kier alpha value is -1.14. The average Bonchev–Trinajstić information content (AvgIpc) is 2.74. The van der Waals surface area contributed by atoms with Crippen molar-refractivity contribution in [2.45, 2.75) is 32.0 Å². The number of rotatable bonds is 1. The number of fused-ring (bicyclic) bond motifs is 2. The molecule has 4 nitrogen and oxygen atoms in total. The summed E-state index contributed by atoms with van der Waals surface area (Å²) in [6, 6.07) is 2.82. The van der Waals surface area contributed by atoms with Gasteiger partial charge in [-0.15, -0.1) is 0 Å². The molecule has 2 aliphatic heterocycles. The standard InChI is InChI=1S/C14H16BrFN2O2/c1-8-4-11(15)12(16)5-13(8)17-14(19)18-6-9-2-3-10(7-18)20-9/h4-5,9-10H,2-3,6-7H2,1H3,(H,17,19)/t9-,10+. The number of aryl methyl sites for hydroxylation is 1. The Morgan fingerprint density at radius 3 is 2.70 bits per heavy atom. The van der Waals surface area contributed by atoms with Crippen LogP contribution in [0.2, 0.25) is 0 Å². The van der Waals surface area contributed by atoms with Crippen molar-refractivity contribution >= 4 is 27.6 Å². The Bertz CT molecular complexity index is 540. The summed E-state index contributed by atoms with van der Waals surface area (Å²) in [7, 11) is 0. The van der Waals surface area contributed by atoms with Crippen LogP contribution in [0, 0.1) is 12.7 Å². The zero-order valence-electron chi connectivity index (χ0n) is 11.2. The molecule has 2 fully saturated rings. The van der Waals surface area contributed by atoms with Crippen LogP contribution in [0.25, 0.3) is 0 Å². The third-order valence-electron chi connectivity index (χ3n) is 3.84. The molecular weight excluding hydrogens is 327 g/mol. The van der Waals surface area contributed by atoms with Crippen LogP contribution in [-0.2, 0) is 4.74 Å². The molecule has 1 aromatic carbocycles. The maximum Gasteiger partial charge on any atom is 0.322 e. The predicted octanol–water partition coefficient (Wildman–Crippen LogP) is 3.29. The fraction of sp³-hybridized carbons (Fsp3) is 0.500. The molecule has 2 atom stereocenters. The maximum absolute atomic E-state index is 13.6. The average molecular weight is 343 g/mol. The lowest BCUT2D eigenvalue weighted by Crippen LogP contribution is -2.47. The topological polar surface area (TPSA) is 41.6 Å². The van der Waals surface area contributed by atoms with Crippen molar-refractivity contribution in [1.29, 1.82) is 0 Å². The molecule has 0 aliphatic carbocycles. The van der Waals surface area contributed by atoms with Crippen LogP contribution < -0.4 is 5.32 Å². The van der Waals surface area contributed by atoms with Gasteiger partial charge in [-0.25, -0.2) is 9.18 Å². The Morgan fingerprint density at radius 2 is 2.05 bits per heavy atom. The number of ether oxygens (including phenoxy) is 1. The number of likely N-dealkylation sites (tertiary alicyclic amines) is 1. The van der Waals surface area contributed by atoms with Gasteiger partial charge >= 0.3 is 6.03 Å². The lowest BCUT2D eigenvalue weighted by atomic mass is 10.2. The third-order valence-corrected chi connectivity index (χ3v) is 4.45. The molecule has 2 saturated heterocycles. The van der Waals surface area contributed by atoms with E-state index in [1.165, 1.54) is 6.07 Å². The molecule has 0 unspecified atom stereocenters. The number of amides is 2. The molecule has 1 aromatic rings. The number of morpholine rings is 1. The number of hydrogen-bond acceptors (Lipinski definition) is 2. The van der Waals surface area contributed by atoms with Crippen LogP contribution in [0.4, 0.5) is 14.9 Å². The predicted molar refractivity (Wildman–Crippen MR) is 77.3 cm³/mol. The number of carbonyl (C=O) groups excluding carboxylic acids is 1. The van der Waals surface area contributed by atoms with Crippen molar-refractivity contribution in [1.82, 2.24) is 4.90 Å². The summed E-state index contributed by atoms with van der Waals surface area (Å²) in [6.07, 6.45) is 2.34. The third kappa shape index (κ3) is 2.67. The zero-order valence-corrected chi connectivity index (χ0v) is 12.7. The van der Waals surface area contributed by atoms with Gasteiger partial charge in [0.1, 0.15) is 5.82 Å². The molecule has 2 heterocycles. The normalized spacial score (nSPS) is 24.9. The lowest BCUT2D eigenvalue weighted by Gasteiger charge is -2.32. The molecule has 20 heavy (non-hydrogen) atoms. The summed E-state index contributed by atoms with van der Waals surface area (Å²) in [5.41, 5.74) is 1.33. The second kappa shape index (κ2) is 5.33. The van der Waals surface area contributed by atoms with E-state index in [1.54, 1.807) is 11.0 Å². The van der Waals surface area contributed by atoms with Gasteiger partial charge in [0.2, 0.25) is 0 Å². The van der Waals surface area contributed by atoms with Crippen LogP contribution in [0.3, 0.4) is 0 Å². The highest BCUT2D eigenvalue weighted by atomic mass is 79.9. The van der Waals surface area contributed by atoms with E-state index in [2.05, 4.69) is 21.2 Å². The monoisotopic (exact) mass is 342 g/mol. The number of halogens is 2. The van der Waals surface area contributed by atoms with E-state index in [0.717, 1.165) is 18.4 Å². The Balaban J connectivity index is 1.71. The Morgan fingerprint density at radius 1 is 1.40 bits per heavy atom. The summed E-state index contributed by atoms with van der Waals surface area (Å²) in [5, 5.41) is 2.79. The number of nitrogens with one attached hydrogen (secondary N) is 1. The smallest absolute Gasteiger partial charge is 0.322 e. The van der Waals surface area contributed by atoms with Gasteiger partial charge in [-0.05, 0) is 53.4 Å². The van der Waals surface area contributed by atoms with Crippen molar-refractivity contribution < 1.29 is 13.9 Å². The summed E-state index contributed by atoms with van der Waals surface area (Å²) in [6.45, 7) is 3.06. The van der Waals surface area contributed by atoms with E-state index in [4.69, 9.17) is 4.74 Å². The van der Waals surface area contributed by atoms with Crippen molar-refractivity contribution in [2.24, 2.45) is 0 Å². The molecule has 108 valence electrons. The van der Waals surface area contributed by atoms with Crippen LogP contribution in [0.5, 0.6) is 0 Å². The second-order valence-corrected chi connectivity index (χ2v) is 6.23. The number of carbonyl (C=O) groups is 1. The molecule has 0 saturated carbocycles. The first-order valence-corrected chi connectivity index (χ1v) is 7.49. The first-order valence-electron chi connectivity index (χ1n) is 6.70. The molecule has 3 rings (SSSR count). The maximum atomic E-state index is 13.6. The molecule has 6 heteroatoms. The van der Waals surface area contributed by atoms with Crippen LogP contribution in [0.1, 0.15) is 18.4 Å². The largest absolute Gasteiger partial charge is 0.371 e. The second-order valence-electron chi connectivity index (χ2n) is 5.37. The molecule has 0 aromatic heterocycles. The zero-order chi connectivity index (χ0) is 14.3. The fourth-order valence-corrected chi connectivity index (χ4v) is 3.21. The van der Waals surface area contributed by atoms with Gasteiger partial charge < -0.3 is 15.0 Å². The van der Waals surface area contributed by atoms with Crippen LogP contribution in [-0.4, -0.2) is 36.2 Å². The van der Waals surface area contributed by atoms with E-state index in [9.17, 15) is 9.18 Å². The molecule has 2 aliphatic rings. The van der Waals surface area contributed by atoms with Crippen LogP contribution >= 0.6 is 15.9 Å². The van der Waals surface area contributed by atoms with Crippen molar-refractivity contribution in [3.05, 3.63) is 28.0 Å². The first kappa shape index (κ1) is 13.8. The van der Waals surface area contributed by atoms with Gasteiger partial charge in [-0.3, -0.25) is 0 Å². The molecule has 0 spiro atoms. The molecule has 1 N–H and O–H groups in total. The highest BCUT2D eigenvalue weighted by molar-refractivity contribution is 9.10. The summed E-state index contributed by atoms with van der Waals surface area (Å²) in [5.74, 6) is -0.382. The van der Waals surface area contributed by atoms with E-state index in [0.29, 0.717) is 23.2 Å². The molecule has 2 bridgehead atoms. The summed E-state index contributed by atoms with van der Waals surface area (Å²) >= 11 is 3.13. The molecule has 0 radical (unpaired) electrons. The van der Waals surface area contributed by atoms with E-state index < -0.39 is 0 Å². The van der Waals surface area contributed by atoms with Gasteiger partial charge in [0, 0.05) is 18.8 Å². The Labute approximate surface area is 125 Å². The minimum atomic E-state index is -0.382. The quantitative estimate of drug-likeness (QED) is 0.850. The fourth-order valence-electron chi connectivity index (χ4n) is 2.76. The van der Waals surface area contributed by atoms with E-state index >= 15 is 0 Å². The molecule has 2 amide bonds.